The van der Waals surface area contributed by atoms with Crippen LogP contribution in [0.15, 0.2) is 0 Å². The van der Waals surface area contributed by atoms with Crippen LogP contribution in [0.5, 0.6) is 0 Å². The molecule has 2 unspecified atom stereocenters. The Morgan fingerprint density at radius 3 is 2.82 bits per heavy atom. The summed E-state index contributed by atoms with van der Waals surface area (Å²) in [6.45, 7) is 7.82. The summed E-state index contributed by atoms with van der Waals surface area (Å²) in [6.07, 6.45) is 2.91. The predicted molar refractivity (Wildman–Crippen MR) is 56.9 cm³/mol. The molecule has 0 saturated carbocycles. The number of rotatable bonds is 0. The van der Waals surface area contributed by atoms with Crippen LogP contribution in [0.1, 0.15) is 19.8 Å². The van der Waals surface area contributed by atoms with E-state index in [1.165, 1.54) is 19.4 Å². The van der Waals surface area contributed by atoms with Gasteiger partial charge in [0.2, 0.25) is 0 Å². The predicted octanol–water partition coefficient (Wildman–Crippen LogP) is 2.43. The fraction of sp³-hybridized carbons (Fsp3) is 1.00. The van der Waals surface area contributed by atoms with E-state index in [2.05, 4.69) is 36.3 Å². The van der Waals surface area contributed by atoms with Crippen molar-refractivity contribution >= 4 is 18.0 Å². The zero-order valence-electron chi connectivity index (χ0n) is 7.63. The Morgan fingerprint density at radius 2 is 2.18 bits per heavy atom. The minimum absolute atomic E-state index is 0.916. The molecule has 0 aromatic carbocycles. The van der Waals surface area contributed by atoms with Crippen molar-refractivity contribution in [1.29, 1.82) is 0 Å². The molecular formula is C8H18NPS. The number of nitrogens with zero attached hydrogens (tertiary/aromatic N) is 1. The average molecular weight is 191 g/mol. The number of hydrogen-bond donors (Lipinski definition) is 0. The van der Waals surface area contributed by atoms with Crippen molar-refractivity contribution in [2.45, 2.75) is 31.1 Å². The van der Waals surface area contributed by atoms with E-state index in [-0.39, 0.29) is 0 Å². The second-order valence-electron chi connectivity index (χ2n) is 4.17. The van der Waals surface area contributed by atoms with Crippen LogP contribution in [0.3, 0.4) is 0 Å². The first kappa shape index (κ1) is 8.34. The molecule has 2 heterocycles. The first-order chi connectivity index (χ1) is 5.11. The Bertz CT molecular complexity index is 171. The van der Waals surface area contributed by atoms with E-state index >= 15 is 0 Å². The van der Waals surface area contributed by atoms with E-state index in [4.69, 9.17) is 0 Å². The Hall–Kier alpha value is 0.740. The van der Waals surface area contributed by atoms with Crippen LogP contribution in [0.2, 0.25) is 0 Å². The molecule has 0 amide bonds. The molecule has 2 aliphatic heterocycles. The maximum absolute atomic E-state index is 2.82. The first-order valence-corrected chi connectivity index (χ1v) is 9.11. The van der Waals surface area contributed by atoms with Gasteiger partial charge in [0.25, 0.3) is 0 Å². The molecule has 0 spiro atoms. The van der Waals surface area contributed by atoms with Crippen LogP contribution in [-0.2, 0) is 0 Å². The van der Waals surface area contributed by atoms with Gasteiger partial charge in [0.05, 0.1) is 0 Å². The van der Waals surface area contributed by atoms with Gasteiger partial charge in [0.1, 0.15) is 0 Å². The van der Waals surface area contributed by atoms with Gasteiger partial charge in [-0.2, -0.15) is 0 Å². The summed E-state index contributed by atoms with van der Waals surface area (Å²) < 4.78 is 2.82. The van der Waals surface area contributed by atoms with E-state index in [0.29, 0.717) is 0 Å². The standard InChI is InChI=1S/C8H18NPS/c1-7-8-5-4-6-9(8)10(2,3)11-7/h7-8,10H,4-6H2,1-3H3. The van der Waals surface area contributed by atoms with Gasteiger partial charge >= 0.3 is 73.6 Å². The molecule has 11 heavy (non-hydrogen) atoms. The quantitative estimate of drug-likeness (QED) is 0.541. The van der Waals surface area contributed by atoms with E-state index < -0.39 is 6.62 Å². The second-order valence-corrected chi connectivity index (χ2v) is 12.3. The molecule has 2 rings (SSSR count). The van der Waals surface area contributed by atoms with Gasteiger partial charge in [-0.25, -0.2) is 0 Å². The van der Waals surface area contributed by atoms with Gasteiger partial charge in [-0.3, -0.25) is 0 Å². The molecule has 0 aromatic rings. The Morgan fingerprint density at radius 1 is 1.45 bits per heavy atom. The van der Waals surface area contributed by atoms with Crippen LogP contribution in [0.4, 0.5) is 0 Å². The molecule has 66 valence electrons. The maximum atomic E-state index is 2.82. The van der Waals surface area contributed by atoms with Crippen LogP contribution in [0, 0.1) is 0 Å². The van der Waals surface area contributed by atoms with Gasteiger partial charge in [0, 0.05) is 0 Å². The van der Waals surface area contributed by atoms with Crippen molar-refractivity contribution in [3.05, 3.63) is 0 Å². The molecule has 2 aliphatic rings. The summed E-state index contributed by atoms with van der Waals surface area (Å²) in [5.41, 5.74) is 0. The Labute approximate surface area is 74.1 Å². The van der Waals surface area contributed by atoms with Crippen molar-refractivity contribution in [1.82, 2.24) is 4.67 Å². The molecule has 0 aliphatic carbocycles. The van der Waals surface area contributed by atoms with Crippen LogP contribution in [0.25, 0.3) is 0 Å². The molecule has 1 nitrogen and oxygen atoms in total. The zero-order valence-corrected chi connectivity index (χ0v) is 9.45. The zero-order chi connectivity index (χ0) is 8.06. The third kappa shape index (κ3) is 1.24. The summed E-state index contributed by atoms with van der Waals surface area (Å²) in [5.74, 6) is 0. The summed E-state index contributed by atoms with van der Waals surface area (Å²) in [6, 6.07) is 0.946. The van der Waals surface area contributed by atoms with Gasteiger partial charge in [-0.1, -0.05) is 0 Å². The summed E-state index contributed by atoms with van der Waals surface area (Å²) in [4.78, 5) is 0. The normalized spacial score (nSPS) is 45.7. The van der Waals surface area contributed by atoms with E-state index in [1.807, 2.05) is 0 Å². The second kappa shape index (κ2) is 2.61. The topological polar surface area (TPSA) is 3.24 Å². The van der Waals surface area contributed by atoms with Crippen molar-refractivity contribution in [3.63, 3.8) is 0 Å². The summed E-state index contributed by atoms with van der Waals surface area (Å²) >= 11 is 2.28. The molecule has 2 saturated heterocycles. The van der Waals surface area contributed by atoms with Crippen LogP contribution < -0.4 is 0 Å². The van der Waals surface area contributed by atoms with E-state index in [9.17, 15) is 0 Å². The van der Waals surface area contributed by atoms with Gasteiger partial charge < -0.3 is 0 Å². The van der Waals surface area contributed by atoms with Crippen molar-refractivity contribution in [2.75, 3.05) is 19.9 Å². The molecular weight excluding hydrogens is 173 g/mol. The van der Waals surface area contributed by atoms with Crippen LogP contribution >= 0.6 is 18.0 Å². The summed E-state index contributed by atoms with van der Waals surface area (Å²) in [5, 5.41) is 0.916. The number of hydrogen-bond acceptors (Lipinski definition) is 2. The molecule has 0 N–H and O–H groups in total. The third-order valence-electron chi connectivity index (χ3n) is 3.01. The molecule has 2 fully saturated rings. The fourth-order valence-corrected chi connectivity index (χ4v) is 10.3. The average Bonchev–Trinajstić information content (AvgIpc) is 2.37. The first-order valence-electron chi connectivity index (χ1n) is 4.56. The summed E-state index contributed by atoms with van der Waals surface area (Å²) in [7, 11) is 0. The molecule has 0 aromatic heterocycles. The molecule has 0 radical (unpaired) electrons. The van der Waals surface area contributed by atoms with Gasteiger partial charge in [-0.15, -0.1) is 0 Å². The van der Waals surface area contributed by atoms with Crippen molar-refractivity contribution in [2.24, 2.45) is 0 Å². The van der Waals surface area contributed by atoms with E-state index in [0.717, 1.165) is 11.3 Å². The SMILES string of the molecule is CC1S[PH](C)(C)N2CCCC12. The van der Waals surface area contributed by atoms with Gasteiger partial charge in [0.15, 0.2) is 0 Å². The monoisotopic (exact) mass is 191 g/mol. The molecule has 3 heteroatoms. The van der Waals surface area contributed by atoms with Gasteiger partial charge in [-0.05, 0) is 0 Å². The minimum atomic E-state index is -0.983. The molecule has 2 atom stereocenters. The van der Waals surface area contributed by atoms with E-state index in [1.54, 1.807) is 0 Å². The Kier molecular flexibility index (Phi) is 1.98. The molecule has 0 bridgehead atoms. The van der Waals surface area contributed by atoms with Crippen LogP contribution in [-0.4, -0.2) is 35.8 Å². The van der Waals surface area contributed by atoms with Crippen molar-refractivity contribution < 1.29 is 0 Å². The fourth-order valence-electron chi connectivity index (χ4n) is 2.55. The Balaban J connectivity index is 2.20. The number of fused-ring (bicyclic) bond motifs is 1. The van der Waals surface area contributed by atoms with Crippen molar-refractivity contribution in [3.8, 4) is 0 Å². The third-order valence-corrected chi connectivity index (χ3v) is 9.76.